The van der Waals surface area contributed by atoms with Crippen LogP contribution in [0.3, 0.4) is 0 Å². The molecule has 1 unspecified atom stereocenters. The van der Waals surface area contributed by atoms with Crippen molar-refractivity contribution < 1.29 is 9.84 Å². The van der Waals surface area contributed by atoms with Crippen LogP contribution in [0, 0.1) is 6.92 Å². The molecule has 7 nitrogen and oxygen atoms in total. The Kier molecular flexibility index (Phi) is 3.11. The summed E-state index contributed by atoms with van der Waals surface area (Å²) in [6, 6.07) is 6.31. The second kappa shape index (κ2) is 4.93. The number of hydrogen-bond acceptors (Lipinski definition) is 6. The van der Waals surface area contributed by atoms with Crippen LogP contribution in [0.2, 0.25) is 0 Å². The van der Waals surface area contributed by atoms with Gasteiger partial charge in [0.2, 0.25) is 0 Å². The standard InChI is InChI=1S/C13H15N5O2/c1-7-2-3-8-4-5-10(9(8)6-7)15-13(16-19)11-12(14)18-20-17-11/h2-3,6,10,19H,4-5H2,1H3,(H2,14,18)(H,15,16). The number of aromatic nitrogens is 2. The highest BCUT2D eigenvalue weighted by Crippen LogP contribution is 2.35. The predicted octanol–water partition coefficient (Wildman–Crippen LogP) is 1.37. The summed E-state index contributed by atoms with van der Waals surface area (Å²) >= 11 is 0. The van der Waals surface area contributed by atoms with E-state index < -0.39 is 0 Å². The maximum atomic E-state index is 9.24. The summed E-state index contributed by atoms with van der Waals surface area (Å²) in [6.45, 7) is 2.05. The number of nitrogens with two attached hydrogens (primary N) is 1. The molecule has 0 amide bonds. The summed E-state index contributed by atoms with van der Waals surface area (Å²) in [5.41, 5.74) is 11.5. The zero-order chi connectivity index (χ0) is 14.1. The van der Waals surface area contributed by atoms with E-state index in [0.29, 0.717) is 0 Å². The van der Waals surface area contributed by atoms with Crippen LogP contribution in [0.1, 0.15) is 34.8 Å². The van der Waals surface area contributed by atoms with Gasteiger partial charge in [0.1, 0.15) is 0 Å². The van der Waals surface area contributed by atoms with E-state index in [1.807, 2.05) is 12.4 Å². The second-order valence-electron chi connectivity index (χ2n) is 4.84. The number of rotatable bonds is 2. The molecule has 1 aliphatic carbocycles. The number of amidine groups is 1. The number of nitrogens with one attached hydrogen (secondary N) is 1. The van der Waals surface area contributed by atoms with E-state index in [2.05, 4.69) is 38.1 Å². The van der Waals surface area contributed by atoms with Crippen molar-refractivity contribution >= 4 is 11.7 Å². The van der Waals surface area contributed by atoms with E-state index >= 15 is 0 Å². The molecule has 1 aromatic carbocycles. The molecule has 1 heterocycles. The second-order valence-corrected chi connectivity index (χ2v) is 4.84. The first-order valence-electron chi connectivity index (χ1n) is 6.34. The molecule has 1 atom stereocenters. The van der Waals surface area contributed by atoms with Crippen molar-refractivity contribution in [3.8, 4) is 0 Å². The van der Waals surface area contributed by atoms with Crippen LogP contribution in [0.5, 0.6) is 0 Å². The molecule has 7 heteroatoms. The highest BCUT2D eigenvalue weighted by Gasteiger charge is 2.24. The third-order valence-corrected chi connectivity index (χ3v) is 3.48. The molecule has 20 heavy (non-hydrogen) atoms. The average Bonchev–Trinajstić information content (AvgIpc) is 3.02. The number of aryl methyl sites for hydroxylation is 2. The predicted molar refractivity (Wildman–Crippen MR) is 72.4 cm³/mol. The molecule has 2 aromatic rings. The molecule has 0 bridgehead atoms. The lowest BCUT2D eigenvalue weighted by Gasteiger charge is -2.09. The summed E-state index contributed by atoms with van der Waals surface area (Å²) in [4.78, 5) is 4.49. The summed E-state index contributed by atoms with van der Waals surface area (Å²) in [7, 11) is 0. The molecule has 1 aromatic heterocycles. The molecular formula is C13H15N5O2. The largest absolute Gasteiger partial charge is 0.379 e. The minimum atomic E-state index is -0.0318. The van der Waals surface area contributed by atoms with Gasteiger partial charge < -0.3 is 5.73 Å². The fraction of sp³-hybridized carbons (Fsp3) is 0.308. The topological polar surface area (TPSA) is 110 Å². The third kappa shape index (κ3) is 2.12. The SMILES string of the molecule is Cc1ccc2c(c1)C(N=C(NO)c1nonc1N)CC2. The summed E-state index contributed by atoms with van der Waals surface area (Å²) in [5, 5.41) is 16.4. The van der Waals surface area contributed by atoms with Crippen molar-refractivity contribution in [1.29, 1.82) is 0 Å². The van der Waals surface area contributed by atoms with E-state index in [1.54, 1.807) is 0 Å². The summed E-state index contributed by atoms with van der Waals surface area (Å²) < 4.78 is 4.52. The first-order chi connectivity index (χ1) is 9.69. The lowest BCUT2D eigenvalue weighted by molar-refractivity contribution is 0.233. The minimum Gasteiger partial charge on any atom is -0.379 e. The van der Waals surface area contributed by atoms with Crippen molar-refractivity contribution in [1.82, 2.24) is 15.8 Å². The fourth-order valence-electron chi connectivity index (χ4n) is 2.49. The normalized spacial score (nSPS) is 18.1. The number of aliphatic imine (C=N–C) groups is 1. The summed E-state index contributed by atoms with van der Waals surface area (Å²) in [6.07, 6.45) is 1.85. The maximum absolute atomic E-state index is 9.24. The van der Waals surface area contributed by atoms with Gasteiger partial charge >= 0.3 is 0 Å². The smallest absolute Gasteiger partial charge is 0.199 e. The highest BCUT2D eigenvalue weighted by molar-refractivity contribution is 5.99. The highest BCUT2D eigenvalue weighted by atomic mass is 16.6. The number of hydrogen-bond donors (Lipinski definition) is 3. The number of nitrogens with zero attached hydrogens (tertiary/aromatic N) is 3. The van der Waals surface area contributed by atoms with Crippen LogP contribution in [-0.4, -0.2) is 21.4 Å². The van der Waals surface area contributed by atoms with Crippen LogP contribution in [0.4, 0.5) is 5.82 Å². The molecular weight excluding hydrogens is 258 g/mol. The molecule has 0 saturated heterocycles. The van der Waals surface area contributed by atoms with Crippen molar-refractivity contribution in [3.63, 3.8) is 0 Å². The van der Waals surface area contributed by atoms with Gasteiger partial charge in [-0.25, -0.2) is 4.63 Å². The lowest BCUT2D eigenvalue weighted by Crippen LogP contribution is -2.23. The monoisotopic (exact) mass is 273 g/mol. The molecule has 0 fully saturated rings. The van der Waals surface area contributed by atoms with Crippen LogP contribution < -0.4 is 11.2 Å². The van der Waals surface area contributed by atoms with Gasteiger partial charge in [-0.3, -0.25) is 15.7 Å². The number of benzene rings is 1. The summed E-state index contributed by atoms with van der Waals surface area (Å²) in [5.74, 6) is 0.260. The third-order valence-electron chi connectivity index (χ3n) is 3.48. The molecule has 4 N–H and O–H groups in total. The number of anilines is 1. The first-order valence-corrected chi connectivity index (χ1v) is 6.34. The zero-order valence-corrected chi connectivity index (χ0v) is 11.0. The molecule has 104 valence electrons. The number of nitrogen functional groups attached to an aromatic ring is 1. The van der Waals surface area contributed by atoms with Crippen molar-refractivity contribution in [2.45, 2.75) is 25.8 Å². The van der Waals surface area contributed by atoms with Gasteiger partial charge in [-0.1, -0.05) is 23.8 Å². The Bertz CT molecular complexity index is 665. The van der Waals surface area contributed by atoms with E-state index in [1.165, 1.54) is 16.7 Å². The Hall–Kier alpha value is -2.41. The molecule has 0 saturated carbocycles. The van der Waals surface area contributed by atoms with Crippen LogP contribution in [0.15, 0.2) is 27.8 Å². The number of fused-ring (bicyclic) bond motifs is 1. The van der Waals surface area contributed by atoms with Gasteiger partial charge in [-0.15, -0.1) is 0 Å². The molecule has 0 aliphatic heterocycles. The van der Waals surface area contributed by atoms with E-state index in [4.69, 9.17) is 5.73 Å². The lowest BCUT2D eigenvalue weighted by atomic mass is 10.1. The Morgan fingerprint density at radius 1 is 1.50 bits per heavy atom. The Balaban J connectivity index is 1.97. The van der Waals surface area contributed by atoms with Gasteiger partial charge in [0.05, 0.1) is 6.04 Å². The van der Waals surface area contributed by atoms with Gasteiger partial charge in [-0.05, 0) is 41.2 Å². The first kappa shape index (κ1) is 12.6. The zero-order valence-electron chi connectivity index (χ0n) is 11.0. The molecule has 3 rings (SSSR count). The van der Waals surface area contributed by atoms with Gasteiger partial charge in [0.15, 0.2) is 17.3 Å². The van der Waals surface area contributed by atoms with Gasteiger partial charge in [-0.2, -0.15) is 0 Å². The van der Waals surface area contributed by atoms with Crippen LogP contribution in [0.25, 0.3) is 0 Å². The van der Waals surface area contributed by atoms with Gasteiger partial charge in [0, 0.05) is 0 Å². The van der Waals surface area contributed by atoms with Crippen molar-refractivity contribution in [2.24, 2.45) is 4.99 Å². The molecule has 0 spiro atoms. The van der Waals surface area contributed by atoms with E-state index in [-0.39, 0.29) is 23.4 Å². The molecule has 1 aliphatic rings. The fourth-order valence-corrected chi connectivity index (χ4v) is 2.49. The quantitative estimate of drug-likeness (QED) is 0.433. The Morgan fingerprint density at radius 3 is 3.05 bits per heavy atom. The van der Waals surface area contributed by atoms with Crippen LogP contribution in [-0.2, 0) is 6.42 Å². The van der Waals surface area contributed by atoms with Crippen LogP contribution >= 0.6 is 0 Å². The van der Waals surface area contributed by atoms with Crippen molar-refractivity contribution in [3.05, 3.63) is 40.6 Å². The Labute approximate surface area is 115 Å². The van der Waals surface area contributed by atoms with E-state index in [0.717, 1.165) is 12.8 Å². The van der Waals surface area contributed by atoms with Crippen molar-refractivity contribution in [2.75, 3.05) is 5.73 Å². The molecule has 0 radical (unpaired) electrons. The average molecular weight is 273 g/mol. The number of hydroxylamine groups is 1. The Morgan fingerprint density at radius 2 is 2.35 bits per heavy atom. The van der Waals surface area contributed by atoms with Gasteiger partial charge in [0.25, 0.3) is 0 Å². The minimum absolute atomic E-state index is 0.0318. The maximum Gasteiger partial charge on any atom is 0.199 e. The van der Waals surface area contributed by atoms with E-state index in [9.17, 15) is 5.21 Å².